The topological polar surface area (TPSA) is 29.1 Å². The first-order valence-corrected chi connectivity index (χ1v) is 7.54. The molecule has 0 aliphatic carbocycles. The van der Waals surface area contributed by atoms with Crippen LogP contribution in [0.1, 0.15) is 42.9 Å². The Balaban J connectivity index is 2.09. The van der Waals surface area contributed by atoms with Crippen molar-refractivity contribution >= 4 is 11.6 Å². The number of aryl methyl sites for hydroxylation is 1. The van der Waals surface area contributed by atoms with Crippen LogP contribution in [-0.2, 0) is 11.2 Å². The van der Waals surface area contributed by atoms with Crippen molar-refractivity contribution in [3.05, 3.63) is 65.2 Å². The summed E-state index contributed by atoms with van der Waals surface area (Å²) in [6, 6.07) is 16.1. The number of amides is 1. The van der Waals surface area contributed by atoms with E-state index in [1.165, 1.54) is 11.1 Å². The summed E-state index contributed by atoms with van der Waals surface area (Å²) in [5.74, 6) is 0.483. The molecule has 21 heavy (non-hydrogen) atoms. The number of nitrogens with one attached hydrogen (secondary N) is 1. The van der Waals surface area contributed by atoms with Gasteiger partial charge in [0.15, 0.2) is 0 Å². The van der Waals surface area contributed by atoms with E-state index in [4.69, 9.17) is 0 Å². The minimum atomic E-state index is 0.0383. The van der Waals surface area contributed by atoms with Crippen LogP contribution in [0.3, 0.4) is 0 Å². The lowest BCUT2D eigenvalue weighted by Gasteiger charge is -2.15. The highest BCUT2D eigenvalue weighted by atomic mass is 16.1. The Labute approximate surface area is 127 Å². The maximum atomic E-state index is 12.2. The molecule has 0 spiro atoms. The van der Waals surface area contributed by atoms with Crippen molar-refractivity contribution < 1.29 is 4.79 Å². The molecule has 1 amide bonds. The summed E-state index contributed by atoms with van der Waals surface area (Å²) in [6.07, 6.45) is 1.47. The van der Waals surface area contributed by atoms with Gasteiger partial charge in [0.05, 0.1) is 6.42 Å². The van der Waals surface area contributed by atoms with Crippen LogP contribution in [-0.4, -0.2) is 5.91 Å². The van der Waals surface area contributed by atoms with Crippen LogP contribution in [0.2, 0.25) is 0 Å². The van der Waals surface area contributed by atoms with E-state index in [-0.39, 0.29) is 5.91 Å². The number of carbonyl (C=O) groups is 1. The zero-order valence-electron chi connectivity index (χ0n) is 13.0. The number of hydrogen-bond donors (Lipinski definition) is 1. The van der Waals surface area contributed by atoms with Crippen molar-refractivity contribution in [2.75, 3.05) is 5.32 Å². The Hall–Kier alpha value is -2.09. The van der Waals surface area contributed by atoms with Gasteiger partial charge in [0, 0.05) is 5.69 Å². The molecule has 0 aromatic heterocycles. The van der Waals surface area contributed by atoms with Gasteiger partial charge in [0.25, 0.3) is 0 Å². The van der Waals surface area contributed by atoms with E-state index in [0.717, 1.165) is 17.7 Å². The van der Waals surface area contributed by atoms with Crippen molar-refractivity contribution in [2.45, 2.75) is 39.5 Å². The van der Waals surface area contributed by atoms with Crippen LogP contribution in [0, 0.1) is 6.92 Å². The zero-order chi connectivity index (χ0) is 15.2. The summed E-state index contributed by atoms with van der Waals surface area (Å²) in [5.41, 5.74) is 4.37. The molecule has 0 aliphatic rings. The molecule has 0 radical (unpaired) electrons. The fourth-order valence-electron chi connectivity index (χ4n) is 2.46. The predicted octanol–water partition coefficient (Wildman–Crippen LogP) is 4.69. The molecule has 0 aliphatic heterocycles. The maximum Gasteiger partial charge on any atom is 0.228 e. The number of anilines is 1. The first-order valence-electron chi connectivity index (χ1n) is 7.54. The normalized spacial score (nSPS) is 12.0. The summed E-state index contributed by atoms with van der Waals surface area (Å²) in [7, 11) is 0. The molecule has 0 heterocycles. The Morgan fingerprint density at radius 2 is 1.90 bits per heavy atom. The average molecular weight is 281 g/mol. The molecule has 2 aromatic carbocycles. The van der Waals surface area contributed by atoms with Gasteiger partial charge < -0.3 is 5.32 Å². The Morgan fingerprint density at radius 3 is 2.62 bits per heavy atom. The minimum Gasteiger partial charge on any atom is -0.326 e. The SMILES string of the molecule is CC[C@H](C)c1ccccc1NC(=O)Cc1cccc(C)c1. The van der Waals surface area contributed by atoms with E-state index in [1.54, 1.807) is 0 Å². The van der Waals surface area contributed by atoms with E-state index in [1.807, 2.05) is 43.3 Å². The molecule has 0 saturated carbocycles. The van der Waals surface area contributed by atoms with E-state index in [9.17, 15) is 4.79 Å². The Morgan fingerprint density at radius 1 is 1.14 bits per heavy atom. The zero-order valence-corrected chi connectivity index (χ0v) is 13.0. The van der Waals surface area contributed by atoms with Gasteiger partial charge in [0.2, 0.25) is 5.91 Å². The largest absolute Gasteiger partial charge is 0.326 e. The van der Waals surface area contributed by atoms with Gasteiger partial charge in [-0.3, -0.25) is 4.79 Å². The lowest BCUT2D eigenvalue weighted by atomic mass is 9.97. The van der Waals surface area contributed by atoms with Crippen molar-refractivity contribution in [1.82, 2.24) is 0 Å². The standard InChI is InChI=1S/C19H23NO/c1-4-15(3)17-10-5-6-11-18(17)20-19(21)13-16-9-7-8-14(2)12-16/h5-12,15H,4,13H2,1-3H3,(H,20,21)/t15-/m0/s1. The van der Waals surface area contributed by atoms with Crippen LogP contribution in [0.4, 0.5) is 5.69 Å². The van der Waals surface area contributed by atoms with Crippen LogP contribution < -0.4 is 5.32 Å². The van der Waals surface area contributed by atoms with Gasteiger partial charge in [0.1, 0.15) is 0 Å². The molecular weight excluding hydrogens is 258 g/mol. The molecule has 2 nitrogen and oxygen atoms in total. The van der Waals surface area contributed by atoms with Gasteiger partial charge in [-0.1, -0.05) is 61.9 Å². The molecular formula is C19H23NO. The number of para-hydroxylation sites is 1. The Kier molecular flexibility index (Phi) is 5.15. The molecule has 1 atom stereocenters. The van der Waals surface area contributed by atoms with Gasteiger partial charge >= 0.3 is 0 Å². The van der Waals surface area contributed by atoms with Gasteiger partial charge in [-0.25, -0.2) is 0 Å². The summed E-state index contributed by atoms with van der Waals surface area (Å²) < 4.78 is 0. The van der Waals surface area contributed by atoms with Crippen molar-refractivity contribution in [3.63, 3.8) is 0 Å². The number of carbonyl (C=O) groups excluding carboxylic acids is 1. The third-order valence-electron chi connectivity index (χ3n) is 3.83. The lowest BCUT2D eigenvalue weighted by molar-refractivity contribution is -0.115. The second kappa shape index (κ2) is 7.07. The van der Waals surface area contributed by atoms with Crippen molar-refractivity contribution in [2.24, 2.45) is 0 Å². The summed E-state index contributed by atoms with van der Waals surface area (Å²) in [4.78, 5) is 12.2. The van der Waals surface area contributed by atoms with Gasteiger partial charge in [-0.05, 0) is 36.5 Å². The molecule has 1 N–H and O–H groups in total. The summed E-state index contributed by atoms with van der Waals surface area (Å²) in [5, 5.41) is 3.05. The summed E-state index contributed by atoms with van der Waals surface area (Å²) >= 11 is 0. The van der Waals surface area contributed by atoms with E-state index in [2.05, 4.69) is 31.3 Å². The first-order chi connectivity index (χ1) is 10.1. The lowest BCUT2D eigenvalue weighted by Crippen LogP contribution is -2.16. The van der Waals surface area contributed by atoms with Crippen molar-refractivity contribution in [3.8, 4) is 0 Å². The van der Waals surface area contributed by atoms with E-state index >= 15 is 0 Å². The molecule has 2 aromatic rings. The van der Waals surface area contributed by atoms with Gasteiger partial charge in [-0.2, -0.15) is 0 Å². The number of rotatable bonds is 5. The molecule has 110 valence electrons. The fourth-order valence-corrected chi connectivity index (χ4v) is 2.46. The second-order valence-corrected chi connectivity index (χ2v) is 5.61. The molecule has 0 bridgehead atoms. The average Bonchev–Trinajstić information content (AvgIpc) is 2.47. The van der Waals surface area contributed by atoms with Crippen LogP contribution in [0.15, 0.2) is 48.5 Å². The number of benzene rings is 2. The maximum absolute atomic E-state index is 12.2. The molecule has 0 fully saturated rings. The van der Waals surface area contributed by atoms with Crippen molar-refractivity contribution in [1.29, 1.82) is 0 Å². The summed E-state index contributed by atoms with van der Waals surface area (Å²) in [6.45, 7) is 6.39. The minimum absolute atomic E-state index is 0.0383. The highest BCUT2D eigenvalue weighted by Crippen LogP contribution is 2.26. The molecule has 0 saturated heterocycles. The molecule has 2 rings (SSSR count). The van der Waals surface area contributed by atoms with Gasteiger partial charge in [-0.15, -0.1) is 0 Å². The number of hydrogen-bond acceptors (Lipinski definition) is 1. The highest BCUT2D eigenvalue weighted by molar-refractivity contribution is 5.93. The third kappa shape index (κ3) is 4.19. The first kappa shape index (κ1) is 15.3. The molecule has 2 heteroatoms. The smallest absolute Gasteiger partial charge is 0.228 e. The van der Waals surface area contributed by atoms with E-state index in [0.29, 0.717) is 12.3 Å². The predicted molar refractivity (Wildman–Crippen MR) is 88.7 cm³/mol. The molecule has 0 unspecified atom stereocenters. The fraction of sp³-hybridized carbons (Fsp3) is 0.316. The third-order valence-corrected chi connectivity index (χ3v) is 3.83. The highest BCUT2D eigenvalue weighted by Gasteiger charge is 2.11. The van der Waals surface area contributed by atoms with Crippen LogP contribution in [0.25, 0.3) is 0 Å². The van der Waals surface area contributed by atoms with Crippen LogP contribution >= 0.6 is 0 Å². The van der Waals surface area contributed by atoms with Crippen LogP contribution in [0.5, 0.6) is 0 Å². The second-order valence-electron chi connectivity index (χ2n) is 5.61. The quantitative estimate of drug-likeness (QED) is 0.846. The Bertz CT molecular complexity index is 618. The monoisotopic (exact) mass is 281 g/mol. The van der Waals surface area contributed by atoms with E-state index < -0.39 is 0 Å².